The van der Waals surface area contributed by atoms with Crippen LogP contribution >= 0.6 is 0 Å². The topological polar surface area (TPSA) is 81.8 Å². The van der Waals surface area contributed by atoms with Gasteiger partial charge in [0.1, 0.15) is 17.7 Å². The normalized spacial score (nSPS) is 17.7. The van der Waals surface area contributed by atoms with Crippen molar-refractivity contribution in [3.8, 4) is 6.07 Å². The van der Waals surface area contributed by atoms with E-state index in [1.54, 1.807) is 12.4 Å². The highest BCUT2D eigenvalue weighted by atomic mass is 15.3. The number of rotatable bonds is 3. The van der Waals surface area contributed by atoms with Gasteiger partial charge >= 0.3 is 0 Å². The average Bonchev–Trinajstić information content (AvgIpc) is 2.60. The molecule has 7 nitrogen and oxygen atoms in total. The van der Waals surface area contributed by atoms with Crippen LogP contribution in [-0.2, 0) is 6.42 Å². The van der Waals surface area contributed by atoms with Crippen LogP contribution < -0.4 is 9.80 Å². The standard InChI is InChI=1S/C17H21N7/c1-4-14-9-16(22-13(3)21-14)24-8-7-23(11-12(24)2)17-15(10-18)19-5-6-20-17/h5-6,9,12H,4,7-8,11H2,1-3H3. The largest absolute Gasteiger partial charge is 0.350 e. The van der Waals surface area contributed by atoms with Crippen LogP contribution in [0.15, 0.2) is 18.5 Å². The van der Waals surface area contributed by atoms with Crippen LogP contribution in [0.1, 0.15) is 31.1 Å². The van der Waals surface area contributed by atoms with Gasteiger partial charge in [-0.2, -0.15) is 5.26 Å². The van der Waals surface area contributed by atoms with Crippen LogP contribution in [0.4, 0.5) is 11.6 Å². The summed E-state index contributed by atoms with van der Waals surface area (Å²) in [4.78, 5) is 21.9. The van der Waals surface area contributed by atoms with Crippen molar-refractivity contribution in [3.63, 3.8) is 0 Å². The lowest BCUT2D eigenvalue weighted by Crippen LogP contribution is -2.53. The van der Waals surface area contributed by atoms with Crippen molar-refractivity contribution in [1.29, 1.82) is 5.26 Å². The Morgan fingerprint density at radius 2 is 2.04 bits per heavy atom. The minimum atomic E-state index is 0.256. The molecule has 0 saturated carbocycles. The van der Waals surface area contributed by atoms with Gasteiger partial charge < -0.3 is 9.80 Å². The molecule has 0 spiro atoms. The van der Waals surface area contributed by atoms with E-state index in [0.29, 0.717) is 11.5 Å². The van der Waals surface area contributed by atoms with Crippen molar-refractivity contribution in [3.05, 3.63) is 35.7 Å². The quantitative estimate of drug-likeness (QED) is 0.850. The summed E-state index contributed by atoms with van der Waals surface area (Å²) in [5.41, 5.74) is 1.44. The molecule has 1 saturated heterocycles. The molecule has 3 heterocycles. The maximum absolute atomic E-state index is 9.23. The number of aryl methyl sites for hydroxylation is 2. The molecule has 0 N–H and O–H groups in total. The minimum absolute atomic E-state index is 0.256. The molecule has 0 aromatic carbocycles. The van der Waals surface area contributed by atoms with Crippen molar-refractivity contribution < 1.29 is 0 Å². The predicted octanol–water partition coefficient (Wildman–Crippen LogP) is 1.72. The fraction of sp³-hybridized carbons (Fsp3) is 0.471. The van der Waals surface area contributed by atoms with E-state index in [2.05, 4.69) is 55.7 Å². The van der Waals surface area contributed by atoms with Crippen LogP contribution in [0, 0.1) is 18.3 Å². The van der Waals surface area contributed by atoms with Crippen molar-refractivity contribution in [2.24, 2.45) is 0 Å². The Labute approximate surface area is 142 Å². The molecule has 24 heavy (non-hydrogen) atoms. The van der Waals surface area contributed by atoms with E-state index in [4.69, 9.17) is 0 Å². The highest BCUT2D eigenvalue weighted by Gasteiger charge is 2.27. The molecule has 1 aliphatic heterocycles. The second-order valence-corrected chi connectivity index (χ2v) is 5.95. The van der Waals surface area contributed by atoms with Gasteiger partial charge in [-0.3, -0.25) is 0 Å². The SMILES string of the molecule is CCc1cc(N2CCN(c3nccnc3C#N)CC2C)nc(C)n1. The van der Waals surface area contributed by atoms with Gasteiger partial charge in [-0.1, -0.05) is 6.92 Å². The smallest absolute Gasteiger partial charge is 0.183 e. The maximum atomic E-state index is 9.23. The highest BCUT2D eigenvalue weighted by molar-refractivity contribution is 5.52. The molecule has 1 unspecified atom stereocenters. The number of nitriles is 1. The van der Waals surface area contributed by atoms with E-state index < -0.39 is 0 Å². The summed E-state index contributed by atoms with van der Waals surface area (Å²) >= 11 is 0. The molecule has 0 aliphatic carbocycles. The monoisotopic (exact) mass is 323 g/mol. The van der Waals surface area contributed by atoms with Gasteiger partial charge in [0.2, 0.25) is 0 Å². The third-order valence-electron chi connectivity index (χ3n) is 4.25. The zero-order chi connectivity index (χ0) is 17.1. The third kappa shape index (κ3) is 3.13. The fourth-order valence-electron chi connectivity index (χ4n) is 3.07. The summed E-state index contributed by atoms with van der Waals surface area (Å²) in [5.74, 6) is 2.45. The Hall–Kier alpha value is -2.75. The first-order valence-electron chi connectivity index (χ1n) is 8.19. The Bertz CT molecular complexity index is 768. The van der Waals surface area contributed by atoms with Gasteiger partial charge in [-0.25, -0.2) is 19.9 Å². The van der Waals surface area contributed by atoms with E-state index in [-0.39, 0.29) is 6.04 Å². The van der Waals surface area contributed by atoms with Crippen LogP contribution in [0.5, 0.6) is 0 Å². The van der Waals surface area contributed by atoms with Crippen molar-refractivity contribution in [1.82, 2.24) is 19.9 Å². The second kappa shape index (κ2) is 6.79. The molecule has 1 atom stereocenters. The summed E-state index contributed by atoms with van der Waals surface area (Å²) in [6, 6.07) is 4.45. The lowest BCUT2D eigenvalue weighted by atomic mass is 10.1. The number of anilines is 2. The van der Waals surface area contributed by atoms with Crippen LogP contribution in [-0.4, -0.2) is 45.6 Å². The van der Waals surface area contributed by atoms with Gasteiger partial charge in [-0.05, 0) is 20.3 Å². The summed E-state index contributed by atoms with van der Waals surface area (Å²) in [7, 11) is 0. The summed E-state index contributed by atoms with van der Waals surface area (Å²) < 4.78 is 0. The number of hydrogen-bond donors (Lipinski definition) is 0. The zero-order valence-electron chi connectivity index (χ0n) is 14.3. The average molecular weight is 323 g/mol. The van der Waals surface area contributed by atoms with Gasteiger partial charge in [0.15, 0.2) is 11.5 Å². The minimum Gasteiger partial charge on any atom is -0.350 e. The fourth-order valence-corrected chi connectivity index (χ4v) is 3.07. The van der Waals surface area contributed by atoms with Crippen molar-refractivity contribution >= 4 is 11.6 Å². The van der Waals surface area contributed by atoms with Crippen LogP contribution in [0.25, 0.3) is 0 Å². The third-order valence-corrected chi connectivity index (χ3v) is 4.25. The first kappa shape index (κ1) is 16.1. The van der Waals surface area contributed by atoms with Gasteiger partial charge in [0.25, 0.3) is 0 Å². The summed E-state index contributed by atoms with van der Waals surface area (Å²) in [6.45, 7) is 8.58. The van der Waals surface area contributed by atoms with E-state index in [1.807, 2.05) is 6.92 Å². The number of hydrogen-bond acceptors (Lipinski definition) is 7. The van der Waals surface area contributed by atoms with Crippen LogP contribution in [0.2, 0.25) is 0 Å². The van der Waals surface area contributed by atoms with Crippen molar-refractivity contribution in [2.45, 2.75) is 33.2 Å². The highest BCUT2D eigenvalue weighted by Crippen LogP contribution is 2.23. The number of nitrogens with zero attached hydrogens (tertiary/aromatic N) is 7. The molecule has 0 amide bonds. The number of aromatic nitrogens is 4. The molecule has 124 valence electrons. The first-order valence-corrected chi connectivity index (χ1v) is 8.19. The number of piperazine rings is 1. The van der Waals surface area contributed by atoms with E-state index in [9.17, 15) is 5.26 Å². The lowest BCUT2D eigenvalue weighted by molar-refractivity contribution is 0.540. The van der Waals surface area contributed by atoms with Gasteiger partial charge in [0.05, 0.1) is 0 Å². The zero-order valence-corrected chi connectivity index (χ0v) is 14.3. The van der Waals surface area contributed by atoms with E-state index in [0.717, 1.165) is 43.4 Å². The maximum Gasteiger partial charge on any atom is 0.183 e. The van der Waals surface area contributed by atoms with Crippen LogP contribution in [0.3, 0.4) is 0 Å². The molecule has 0 radical (unpaired) electrons. The second-order valence-electron chi connectivity index (χ2n) is 5.95. The van der Waals surface area contributed by atoms with Gasteiger partial charge in [0, 0.05) is 49.8 Å². The van der Waals surface area contributed by atoms with E-state index in [1.165, 1.54) is 0 Å². The Morgan fingerprint density at radius 3 is 2.75 bits per heavy atom. The molecular weight excluding hydrogens is 302 g/mol. The van der Waals surface area contributed by atoms with Gasteiger partial charge in [-0.15, -0.1) is 0 Å². The van der Waals surface area contributed by atoms with Crippen molar-refractivity contribution in [2.75, 3.05) is 29.4 Å². The molecule has 2 aromatic heterocycles. The molecule has 3 rings (SSSR count). The Balaban J connectivity index is 1.81. The lowest BCUT2D eigenvalue weighted by Gasteiger charge is -2.41. The summed E-state index contributed by atoms with van der Waals surface area (Å²) in [6.07, 6.45) is 4.09. The molecular formula is C17H21N7. The molecule has 2 aromatic rings. The Morgan fingerprint density at radius 1 is 1.25 bits per heavy atom. The molecule has 1 fully saturated rings. The Kier molecular flexibility index (Phi) is 4.56. The van der Waals surface area contributed by atoms with E-state index >= 15 is 0 Å². The first-order chi connectivity index (χ1) is 11.6. The summed E-state index contributed by atoms with van der Waals surface area (Å²) in [5, 5.41) is 9.23. The predicted molar refractivity (Wildman–Crippen MR) is 91.9 cm³/mol. The molecule has 0 bridgehead atoms. The molecule has 7 heteroatoms. The molecule has 1 aliphatic rings.